The van der Waals surface area contributed by atoms with Gasteiger partial charge in [0.05, 0.1) is 36.9 Å². The molecule has 27 heavy (non-hydrogen) atoms. The predicted octanol–water partition coefficient (Wildman–Crippen LogP) is 5.40. The summed E-state index contributed by atoms with van der Waals surface area (Å²) in [6.07, 6.45) is 4.27. The van der Waals surface area contributed by atoms with Crippen LogP contribution in [0.5, 0.6) is 0 Å². The standard InChI is InChI=1S/C18H24BrClFN3O2S/c1-10(23-27(25)18(2,3)4)13-16(21)15(20)14(19)11-9-22-24(17(11)13)12-7-5-6-8-26-12/h9-10,12,23H,5-8H2,1-4H3/t10-,12?,27?/m0/s1. The van der Waals surface area contributed by atoms with Crippen LogP contribution in [0.25, 0.3) is 10.9 Å². The lowest BCUT2D eigenvalue weighted by atomic mass is 10.0. The van der Waals surface area contributed by atoms with Crippen molar-refractivity contribution in [2.45, 2.75) is 64.0 Å². The van der Waals surface area contributed by atoms with Gasteiger partial charge in [-0.2, -0.15) is 5.10 Å². The highest BCUT2D eigenvalue weighted by Gasteiger charge is 2.30. The van der Waals surface area contributed by atoms with Crippen LogP contribution in [-0.4, -0.2) is 25.3 Å². The van der Waals surface area contributed by atoms with Gasteiger partial charge in [0.2, 0.25) is 0 Å². The highest BCUT2D eigenvalue weighted by atomic mass is 79.9. The van der Waals surface area contributed by atoms with Gasteiger partial charge in [0.15, 0.2) is 6.23 Å². The second kappa shape index (κ2) is 8.06. The predicted molar refractivity (Wildman–Crippen MR) is 111 cm³/mol. The second-order valence-electron chi connectivity index (χ2n) is 7.75. The highest BCUT2D eigenvalue weighted by molar-refractivity contribution is 9.10. The van der Waals surface area contributed by atoms with Crippen molar-refractivity contribution in [1.82, 2.24) is 14.5 Å². The van der Waals surface area contributed by atoms with E-state index < -0.39 is 27.6 Å². The number of ether oxygens (including phenoxy) is 1. The van der Waals surface area contributed by atoms with Gasteiger partial charge in [-0.1, -0.05) is 11.6 Å². The summed E-state index contributed by atoms with van der Waals surface area (Å²) in [6.45, 7) is 8.03. The Hall–Kier alpha value is -0.540. The molecule has 1 aliphatic rings. The molecule has 2 unspecified atom stereocenters. The molecule has 3 rings (SSSR count). The molecule has 2 heterocycles. The van der Waals surface area contributed by atoms with Crippen LogP contribution in [0.4, 0.5) is 4.39 Å². The zero-order chi connectivity index (χ0) is 19.9. The lowest BCUT2D eigenvalue weighted by Gasteiger charge is -2.26. The van der Waals surface area contributed by atoms with Crippen LogP contribution in [0.15, 0.2) is 10.7 Å². The number of halogens is 3. The average molecular weight is 481 g/mol. The quantitative estimate of drug-likeness (QED) is 0.596. The van der Waals surface area contributed by atoms with Gasteiger partial charge in [-0.05, 0) is 62.9 Å². The molecule has 2 aromatic rings. The highest BCUT2D eigenvalue weighted by Crippen LogP contribution is 2.41. The monoisotopic (exact) mass is 479 g/mol. The van der Waals surface area contributed by atoms with Crippen LogP contribution in [0.2, 0.25) is 5.02 Å². The van der Waals surface area contributed by atoms with Crippen LogP contribution in [0.3, 0.4) is 0 Å². The summed E-state index contributed by atoms with van der Waals surface area (Å²) in [5.74, 6) is -0.542. The fourth-order valence-electron chi connectivity index (χ4n) is 3.15. The molecule has 0 saturated carbocycles. The van der Waals surface area contributed by atoms with E-state index in [1.807, 2.05) is 20.8 Å². The zero-order valence-electron chi connectivity index (χ0n) is 15.8. The lowest BCUT2D eigenvalue weighted by molar-refractivity contribution is -0.0367. The zero-order valence-corrected chi connectivity index (χ0v) is 19.0. The Morgan fingerprint density at radius 2 is 2.19 bits per heavy atom. The van der Waals surface area contributed by atoms with Gasteiger partial charge < -0.3 is 4.74 Å². The summed E-state index contributed by atoms with van der Waals surface area (Å²) in [4.78, 5) is 0. The minimum absolute atomic E-state index is 0.00296. The summed E-state index contributed by atoms with van der Waals surface area (Å²) in [7, 11) is -1.36. The van der Waals surface area contributed by atoms with Crippen molar-refractivity contribution in [2.24, 2.45) is 0 Å². The first kappa shape index (κ1) is 21.2. The third-order valence-corrected chi connectivity index (χ3v) is 7.70. The molecular weight excluding hydrogens is 457 g/mol. The summed E-state index contributed by atoms with van der Waals surface area (Å²) >= 11 is 9.62. The molecule has 0 spiro atoms. The van der Waals surface area contributed by atoms with E-state index in [0.717, 1.165) is 19.3 Å². The Kier molecular flexibility index (Phi) is 6.33. The molecule has 1 aromatic heterocycles. The van der Waals surface area contributed by atoms with Crippen molar-refractivity contribution in [3.63, 3.8) is 0 Å². The van der Waals surface area contributed by atoms with Gasteiger partial charge in [-0.25, -0.2) is 18.0 Å². The molecule has 1 fully saturated rings. The third-order valence-electron chi connectivity index (χ3n) is 4.61. The first-order chi connectivity index (χ1) is 12.6. The Morgan fingerprint density at radius 1 is 1.48 bits per heavy atom. The number of hydrogen-bond acceptors (Lipinski definition) is 3. The number of hydrogen-bond donors (Lipinski definition) is 1. The van der Waals surface area contributed by atoms with Gasteiger partial charge in [-0.3, -0.25) is 0 Å². The van der Waals surface area contributed by atoms with Gasteiger partial charge in [0.25, 0.3) is 0 Å². The van der Waals surface area contributed by atoms with E-state index in [2.05, 4.69) is 25.8 Å². The summed E-state index contributed by atoms with van der Waals surface area (Å²) in [5.41, 5.74) is 0.962. The van der Waals surface area contributed by atoms with Crippen LogP contribution in [0, 0.1) is 5.82 Å². The number of rotatable bonds is 4. The van der Waals surface area contributed by atoms with E-state index in [4.69, 9.17) is 16.3 Å². The van der Waals surface area contributed by atoms with E-state index in [1.165, 1.54) is 0 Å². The molecule has 0 bridgehead atoms. The molecule has 0 aliphatic carbocycles. The van der Waals surface area contributed by atoms with E-state index in [9.17, 15) is 4.21 Å². The number of aromatic nitrogens is 2. The van der Waals surface area contributed by atoms with Crippen molar-refractivity contribution < 1.29 is 13.3 Å². The summed E-state index contributed by atoms with van der Waals surface area (Å²) < 4.78 is 38.4. The van der Waals surface area contributed by atoms with Crippen LogP contribution < -0.4 is 4.72 Å². The number of benzene rings is 1. The fraction of sp³-hybridized carbons (Fsp3) is 0.611. The first-order valence-electron chi connectivity index (χ1n) is 8.96. The fourth-order valence-corrected chi connectivity index (χ4v) is 4.61. The molecule has 9 heteroatoms. The maximum absolute atomic E-state index is 15.2. The number of fused-ring (bicyclic) bond motifs is 1. The second-order valence-corrected chi connectivity index (χ2v) is 10.9. The molecule has 1 aliphatic heterocycles. The van der Waals surface area contributed by atoms with Gasteiger partial charge >= 0.3 is 0 Å². The topological polar surface area (TPSA) is 56.2 Å². The molecule has 1 N–H and O–H groups in total. The maximum Gasteiger partial charge on any atom is 0.150 e. The molecule has 5 nitrogen and oxygen atoms in total. The van der Waals surface area contributed by atoms with Gasteiger partial charge in [-0.15, -0.1) is 0 Å². The third kappa shape index (κ3) is 4.10. The summed E-state index contributed by atoms with van der Waals surface area (Å²) in [5, 5.41) is 5.17. The van der Waals surface area contributed by atoms with Crippen LogP contribution >= 0.6 is 27.5 Å². The molecule has 1 aromatic carbocycles. The Labute approximate surface area is 174 Å². The van der Waals surface area contributed by atoms with E-state index in [-0.39, 0.29) is 11.3 Å². The van der Waals surface area contributed by atoms with E-state index in [0.29, 0.717) is 27.5 Å². The van der Waals surface area contributed by atoms with Crippen molar-refractivity contribution in [3.05, 3.63) is 27.1 Å². The minimum atomic E-state index is -1.36. The van der Waals surface area contributed by atoms with Crippen molar-refractivity contribution in [2.75, 3.05) is 6.61 Å². The minimum Gasteiger partial charge on any atom is -0.356 e. The first-order valence-corrected chi connectivity index (χ1v) is 11.3. The smallest absolute Gasteiger partial charge is 0.150 e. The number of nitrogens with zero attached hydrogens (tertiary/aromatic N) is 2. The maximum atomic E-state index is 15.2. The van der Waals surface area contributed by atoms with Crippen LogP contribution in [0.1, 0.15) is 64.8 Å². The van der Waals surface area contributed by atoms with Crippen molar-refractivity contribution >= 4 is 49.4 Å². The molecule has 3 atom stereocenters. The number of nitrogens with one attached hydrogen (secondary N) is 1. The molecule has 1 saturated heterocycles. The molecule has 0 radical (unpaired) electrons. The van der Waals surface area contributed by atoms with Gasteiger partial charge in [0.1, 0.15) is 5.82 Å². The Balaban J connectivity index is 2.14. The SMILES string of the molecule is C[C@H](NS(=O)C(C)(C)C)c1c(F)c(Cl)c(Br)c2cnn(C3CCCCO3)c12. The van der Waals surface area contributed by atoms with Gasteiger partial charge in [0, 0.05) is 23.6 Å². The Morgan fingerprint density at radius 3 is 2.78 bits per heavy atom. The van der Waals surface area contributed by atoms with Crippen molar-refractivity contribution in [3.8, 4) is 0 Å². The van der Waals surface area contributed by atoms with E-state index >= 15 is 4.39 Å². The molecule has 150 valence electrons. The van der Waals surface area contributed by atoms with E-state index in [1.54, 1.807) is 17.8 Å². The lowest BCUT2D eigenvalue weighted by Crippen LogP contribution is -2.35. The Bertz CT molecular complexity index is 878. The normalized spacial score (nSPS) is 20.8. The van der Waals surface area contributed by atoms with Crippen molar-refractivity contribution in [1.29, 1.82) is 0 Å². The largest absolute Gasteiger partial charge is 0.356 e. The molecule has 0 amide bonds. The van der Waals surface area contributed by atoms with Crippen LogP contribution in [-0.2, 0) is 15.7 Å². The average Bonchev–Trinajstić information content (AvgIpc) is 3.04. The summed E-state index contributed by atoms with van der Waals surface area (Å²) in [6, 6.07) is -0.530. The molecular formula is C18H24BrClFN3O2S.